The molecule has 3 N–H and O–H groups in total. The molecular weight excluding hydrogens is 268 g/mol. The van der Waals surface area contributed by atoms with Gasteiger partial charge in [0, 0.05) is 6.42 Å². The molecule has 1 fully saturated rings. The van der Waals surface area contributed by atoms with Gasteiger partial charge in [-0.2, -0.15) is 0 Å². The predicted molar refractivity (Wildman–Crippen MR) is 71.0 cm³/mol. The molecule has 19 heavy (non-hydrogen) atoms. The molecule has 7 heteroatoms. The molecule has 1 aliphatic rings. The first-order chi connectivity index (χ1) is 8.85. The van der Waals surface area contributed by atoms with Gasteiger partial charge in [0.2, 0.25) is 11.8 Å². The third kappa shape index (κ3) is 2.54. The van der Waals surface area contributed by atoms with Crippen LogP contribution in [0.15, 0.2) is 12.1 Å². The number of anilines is 1. The molecule has 1 aliphatic heterocycles. The summed E-state index contributed by atoms with van der Waals surface area (Å²) in [6, 6.07) is 3.23. The average Bonchev–Trinajstić information content (AvgIpc) is 2.54. The van der Waals surface area contributed by atoms with Gasteiger partial charge in [-0.1, -0.05) is 25.4 Å². The maximum Gasteiger partial charge on any atom is 0.235 e. The summed E-state index contributed by atoms with van der Waals surface area (Å²) in [5.74, 6) is 5.28. The molecule has 0 aromatic carbocycles. The van der Waals surface area contributed by atoms with Crippen LogP contribution in [0, 0.1) is 5.41 Å². The Morgan fingerprint density at radius 1 is 1.47 bits per heavy atom. The summed E-state index contributed by atoms with van der Waals surface area (Å²) in [5, 5.41) is 0.393. The van der Waals surface area contributed by atoms with Crippen LogP contribution in [0.2, 0.25) is 5.02 Å². The molecule has 1 saturated heterocycles. The number of carbonyl (C=O) groups excluding carboxylic acids is 2. The topological polar surface area (TPSA) is 88.3 Å². The van der Waals surface area contributed by atoms with Crippen LogP contribution in [0.5, 0.6) is 0 Å². The lowest BCUT2D eigenvalue weighted by Gasteiger charge is -2.18. The second-order valence-electron chi connectivity index (χ2n) is 5.12. The van der Waals surface area contributed by atoms with Gasteiger partial charge >= 0.3 is 0 Å². The maximum atomic E-state index is 12.1. The number of likely N-dealkylation sites (tertiary alicyclic amines) is 1. The van der Waals surface area contributed by atoms with Gasteiger partial charge in [0.05, 0.1) is 22.7 Å². The molecule has 0 bridgehead atoms. The molecule has 1 aromatic rings. The number of carbonyl (C=O) groups is 2. The number of halogens is 1. The van der Waals surface area contributed by atoms with E-state index < -0.39 is 5.41 Å². The van der Waals surface area contributed by atoms with E-state index in [0.717, 1.165) is 0 Å². The van der Waals surface area contributed by atoms with E-state index in [1.54, 1.807) is 26.0 Å². The van der Waals surface area contributed by atoms with E-state index in [9.17, 15) is 9.59 Å². The van der Waals surface area contributed by atoms with Crippen LogP contribution in [0.3, 0.4) is 0 Å². The van der Waals surface area contributed by atoms with Crippen molar-refractivity contribution in [3.63, 3.8) is 0 Å². The highest BCUT2D eigenvalue weighted by atomic mass is 35.5. The van der Waals surface area contributed by atoms with Crippen LogP contribution in [-0.2, 0) is 16.1 Å². The number of hydrazine groups is 1. The van der Waals surface area contributed by atoms with Gasteiger partial charge in [-0.3, -0.25) is 14.5 Å². The second-order valence-corrected chi connectivity index (χ2v) is 5.52. The highest BCUT2D eigenvalue weighted by molar-refractivity contribution is 6.31. The average molecular weight is 283 g/mol. The Bertz CT molecular complexity index is 545. The van der Waals surface area contributed by atoms with Gasteiger partial charge < -0.3 is 5.43 Å². The summed E-state index contributed by atoms with van der Waals surface area (Å²) in [5.41, 5.74) is 2.18. The fraction of sp³-hybridized carbons (Fsp3) is 0.417. The zero-order chi connectivity index (χ0) is 14.2. The van der Waals surface area contributed by atoms with Crippen molar-refractivity contribution in [2.45, 2.75) is 26.8 Å². The van der Waals surface area contributed by atoms with Gasteiger partial charge in [0.25, 0.3) is 0 Å². The van der Waals surface area contributed by atoms with Crippen molar-refractivity contribution in [3.8, 4) is 0 Å². The van der Waals surface area contributed by atoms with E-state index in [1.807, 2.05) is 0 Å². The maximum absolute atomic E-state index is 12.1. The van der Waals surface area contributed by atoms with E-state index in [1.165, 1.54) is 4.90 Å². The van der Waals surface area contributed by atoms with Crippen LogP contribution in [0.25, 0.3) is 0 Å². The van der Waals surface area contributed by atoms with Crippen molar-refractivity contribution in [1.29, 1.82) is 0 Å². The smallest absolute Gasteiger partial charge is 0.235 e. The van der Waals surface area contributed by atoms with Gasteiger partial charge in [0.1, 0.15) is 5.82 Å². The number of hydrogen-bond donors (Lipinski definition) is 2. The van der Waals surface area contributed by atoms with Crippen molar-refractivity contribution >= 4 is 29.2 Å². The zero-order valence-corrected chi connectivity index (χ0v) is 11.5. The fourth-order valence-corrected chi connectivity index (χ4v) is 2.18. The fourth-order valence-electron chi connectivity index (χ4n) is 2.01. The number of hydrogen-bond acceptors (Lipinski definition) is 5. The number of nitrogens with two attached hydrogens (primary N) is 1. The third-order valence-electron chi connectivity index (χ3n) is 3.09. The van der Waals surface area contributed by atoms with Crippen molar-refractivity contribution in [2.24, 2.45) is 11.3 Å². The van der Waals surface area contributed by atoms with E-state index in [2.05, 4.69) is 10.4 Å². The summed E-state index contributed by atoms with van der Waals surface area (Å²) >= 11 is 6.02. The van der Waals surface area contributed by atoms with Gasteiger partial charge in [-0.25, -0.2) is 10.8 Å². The number of nitrogens with one attached hydrogen (secondary N) is 1. The van der Waals surface area contributed by atoms with Crippen molar-refractivity contribution in [2.75, 3.05) is 5.43 Å². The molecule has 6 nitrogen and oxygen atoms in total. The Morgan fingerprint density at radius 3 is 2.68 bits per heavy atom. The minimum atomic E-state index is -0.659. The number of nitrogens with zero attached hydrogens (tertiary/aromatic N) is 2. The van der Waals surface area contributed by atoms with Crippen molar-refractivity contribution < 1.29 is 9.59 Å². The van der Waals surface area contributed by atoms with Crippen molar-refractivity contribution in [3.05, 3.63) is 22.8 Å². The van der Waals surface area contributed by atoms with E-state index >= 15 is 0 Å². The zero-order valence-electron chi connectivity index (χ0n) is 10.7. The Morgan fingerprint density at radius 2 is 2.16 bits per heavy atom. The lowest BCUT2D eigenvalue weighted by atomic mass is 9.92. The summed E-state index contributed by atoms with van der Waals surface area (Å²) < 4.78 is 0. The quantitative estimate of drug-likeness (QED) is 0.496. The minimum absolute atomic E-state index is 0.0649. The summed E-state index contributed by atoms with van der Waals surface area (Å²) in [6.45, 7) is 3.57. The van der Waals surface area contributed by atoms with Crippen molar-refractivity contribution in [1.82, 2.24) is 9.88 Å². The van der Waals surface area contributed by atoms with Crippen LogP contribution < -0.4 is 11.3 Å². The van der Waals surface area contributed by atoms with Gasteiger partial charge in [-0.05, 0) is 12.1 Å². The van der Waals surface area contributed by atoms with Gasteiger partial charge in [0.15, 0.2) is 0 Å². The largest absolute Gasteiger partial charge is 0.308 e. The van der Waals surface area contributed by atoms with Gasteiger partial charge in [-0.15, -0.1) is 0 Å². The molecule has 0 atom stereocenters. The summed E-state index contributed by atoms with van der Waals surface area (Å²) in [7, 11) is 0. The number of imide groups is 1. The number of pyridine rings is 1. The minimum Gasteiger partial charge on any atom is -0.308 e. The standard InChI is InChI=1S/C12H15ClN4O2/c1-12(2)5-10(18)17(11(12)19)6-8-7(13)3-4-9(15-8)16-14/h3-4H,5-6,14H2,1-2H3,(H,15,16). The summed E-state index contributed by atoms with van der Waals surface area (Å²) in [6.07, 6.45) is 0.207. The lowest BCUT2D eigenvalue weighted by molar-refractivity contribution is -0.141. The van der Waals surface area contributed by atoms with Crippen LogP contribution in [0.1, 0.15) is 26.0 Å². The predicted octanol–water partition coefficient (Wildman–Crippen LogP) is 1.31. The molecule has 0 saturated carbocycles. The van der Waals surface area contributed by atoms with E-state index in [0.29, 0.717) is 16.5 Å². The first-order valence-electron chi connectivity index (χ1n) is 5.82. The molecule has 0 unspecified atom stereocenters. The van der Waals surface area contributed by atoms with E-state index in [4.69, 9.17) is 17.4 Å². The van der Waals surface area contributed by atoms with E-state index in [-0.39, 0.29) is 24.8 Å². The number of aromatic nitrogens is 1. The Hall–Kier alpha value is -1.66. The molecular formula is C12H15ClN4O2. The highest BCUT2D eigenvalue weighted by Crippen LogP contribution is 2.33. The first-order valence-corrected chi connectivity index (χ1v) is 6.20. The Kier molecular flexibility index (Phi) is 3.47. The molecule has 2 rings (SSSR count). The Balaban J connectivity index is 2.27. The molecule has 1 aromatic heterocycles. The normalized spacial score (nSPS) is 18.0. The number of amides is 2. The Labute approximate surface area is 115 Å². The molecule has 0 aliphatic carbocycles. The molecule has 2 heterocycles. The molecule has 0 spiro atoms. The first kappa shape index (κ1) is 13.8. The number of rotatable bonds is 3. The third-order valence-corrected chi connectivity index (χ3v) is 3.44. The molecule has 0 radical (unpaired) electrons. The highest BCUT2D eigenvalue weighted by Gasteiger charge is 2.44. The molecule has 102 valence electrons. The monoisotopic (exact) mass is 282 g/mol. The second kappa shape index (κ2) is 4.79. The van der Waals surface area contributed by atoms with Crippen LogP contribution in [-0.4, -0.2) is 21.7 Å². The summed E-state index contributed by atoms with van der Waals surface area (Å²) in [4.78, 5) is 29.3. The van der Waals surface area contributed by atoms with Crippen LogP contribution >= 0.6 is 11.6 Å². The number of nitrogen functional groups attached to an aromatic ring is 1. The van der Waals surface area contributed by atoms with Crippen LogP contribution in [0.4, 0.5) is 5.82 Å². The molecule has 2 amide bonds. The SMILES string of the molecule is CC1(C)CC(=O)N(Cc2nc(NN)ccc2Cl)C1=O. The lowest BCUT2D eigenvalue weighted by Crippen LogP contribution is -2.33.